The fourth-order valence-electron chi connectivity index (χ4n) is 9.52. The van der Waals surface area contributed by atoms with Gasteiger partial charge in [-0.2, -0.15) is 0 Å². The number of carboxylic acid groups (broad SMARTS) is 1. The van der Waals surface area contributed by atoms with Gasteiger partial charge in [0.2, 0.25) is 70.9 Å². The number of likely N-dealkylation sites (tertiary alicyclic amines) is 2. The summed E-state index contributed by atoms with van der Waals surface area (Å²) in [7, 11) is 0. The van der Waals surface area contributed by atoms with E-state index < -0.39 is 183 Å². The molecule has 21 N–H and O–H groups in total. The summed E-state index contributed by atoms with van der Waals surface area (Å²) >= 11 is 0. The number of hydrogen-bond acceptors (Lipinski definition) is 19. The van der Waals surface area contributed by atoms with Crippen LogP contribution in [0.1, 0.15) is 125 Å². The summed E-state index contributed by atoms with van der Waals surface area (Å²) in [5, 5.41) is 61.8. The number of aliphatic hydroxyl groups is 3. The minimum absolute atomic E-state index is 0.00591. The van der Waals surface area contributed by atoms with Crippen LogP contribution in [0.4, 0.5) is 0 Å². The van der Waals surface area contributed by atoms with Crippen LogP contribution in [0.3, 0.4) is 0 Å². The maximum Gasteiger partial charge on any atom is 0.326 e. The molecule has 85 heavy (non-hydrogen) atoms. The third kappa shape index (κ3) is 25.5. The average Bonchev–Trinajstić information content (AvgIpc) is 4.21. The van der Waals surface area contributed by atoms with E-state index in [1.165, 1.54) is 16.7 Å². The Bertz CT molecular complexity index is 2290. The second-order valence-corrected chi connectivity index (χ2v) is 22.2. The summed E-state index contributed by atoms with van der Waals surface area (Å²) in [6.07, 6.45) is 0.488. The van der Waals surface area contributed by atoms with E-state index in [1.807, 2.05) is 0 Å². The highest BCUT2D eigenvalue weighted by molar-refractivity contribution is 5.99. The third-order valence-electron chi connectivity index (χ3n) is 14.1. The number of carboxylic acids is 1. The molecule has 2 aliphatic rings. The van der Waals surface area contributed by atoms with Gasteiger partial charge in [0.05, 0.1) is 32.4 Å². The molecule has 2 heterocycles. The van der Waals surface area contributed by atoms with E-state index in [4.69, 9.17) is 28.0 Å². The van der Waals surface area contributed by atoms with Gasteiger partial charge in [0, 0.05) is 19.5 Å². The highest BCUT2D eigenvalue weighted by atomic mass is 16.4. The Kier molecular flexibility index (Phi) is 33.1. The molecule has 0 aliphatic carbocycles. The standard InChI is InChI=1S/C53H93N15O17/c1-28(2)22-35(61-42(74)24-58-44(75)31(56)26-69)48(79)64-36(23-29(3)4)49(80)66-43(30(5)71)52(83)68-21-11-15-39(68)51(82)67-20-10-14-38(67)50(81)62-33(16-17-40(57)72)47(78)65-37(27-70)45(76)59-25-41(73)60-32(12-6-8-18-54)46(77)63-34(53(84)85)13-7-9-19-55/h28-39,43,69-71H,6-27,54-56H2,1-5H3,(H2,57,72)(H,58,75)(H,59,76)(H,60,73)(H,61,74)(H,62,81)(H,63,77)(H,64,79)(H,65,78)(H,66,80)(H,84,85)/t30-,31+,32+,33+,34+,35+,36+,37+,38+,39+,43+/m1/s1. The lowest BCUT2D eigenvalue weighted by atomic mass is 9.99. The third-order valence-corrected chi connectivity index (χ3v) is 14.1. The van der Waals surface area contributed by atoms with Crippen LogP contribution in [0.15, 0.2) is 0 Å². The summed E-state index contributed by atoms with van der Waals surface area (Å²) < 4.78 is 0. The van der Waals surface area contributed by atoms with Crippen molar-refractivity contribution in [3.05, 3.63) is 0 Å². The van der Waals surface area contributed by atoms with E-state index >= 15 is 0 Å². The second kappa shape index (κ2) is 38.0. The topological polar surface area (TPSA) is 522 Å². The molecule has 482 valence electrons. The fourth-order valence-corrected chi connectivity index (χ4v) is 9.52. The highest BCUT2D eigenvalue weighted by Gasteiger charge is 2.45. The normalized spacial score (nSPS) is 18.0. The largest absolute Gasteiger partial charge is 0.480 e. The minimum Gasteiger partial charge on any atom is -0.480 e. The Morgan fingerprint density at radius 2 is 0.988 bits per heavy atom. The fraction of sp³-hybridized carbons (Fsp3) is 0.755. The molecular formula is C53H93N15O17. The number of rotatable bonds is 39. The van der Waals surface area contributed by atoms with Crippen molar-refractivity contribution in [3.8, 4) is 0 Å². The molecule has 0 radical (unpaired) electrons. The Hall–Kier alpha value is -7.13. The van der Waals surface area contributed by atoms with Gasteiger partial charge in [0.25, 0.3) is 0 Å². The van der Waals surface area contributed by atoms with Crippen molar-refractivity contribution in [2.75, 3.05) is 52.5 Å². The maximum absolute atomic E-state index is 14.4. The number of hydrogen-bond donors (Lipinski definition) is 17. The lowest BCUT2D eigenvalue weighted by molar-refractivity contribution is -0.149. The number of amides is 12. The molecule has 0 aromatic heterocycles. The van der Waals surface area contributed by atoms with Gasteiger partial charge in [-0.05, 0) is 115 Å². The molecule has 0 aromatic rings. The zero-order chi connectivity index (χ0) is 64.1. The maximum atomic E-state index is 14.4. The van der Waals surface area contributed by atoms with Gasteiger partial charge in [-0.3, -0.25) is 57.5 Å². The van der Waals surface area contributed by atoms with E-state index in [1.54, 1.807) is 27.7 Å². The summed E-state index contributed by atoms with van der Waals surface area (Å²) in [5.74, 6) is -11.9. The van der Waals surface area contributed by atoms with Crippen molar-refractivity contribution in [2.45, 2.75) is 191 Å². The summed E-state index contributed by atoms with van der Waals surface area (Å²) in [6, 6.07) is -13.6. The van der Waals surface area contributed by atoms with Crippen LogP contribution < -0.4 is 70.8 Å². The zero-order valence-electron chi connectivity index (χ0n) is 49.4. The summed E-state index contributed by atoms with van der Waals surface area (Å²) in [6.45, 7) is 5.95. The van der Waals surface area contributed by atoms with Gasteiger partial charge in [-0.25, -0.2) is 4.79 Å². The first-order chi connectivity index (χ1) is 40.1. The number of nitrogens with zero attached hydrogens (tertiary/aromatic N) is 2. The van der Waals surface area contributed by atoms with Crippen molar-refractivity contribution >= 4 is 76.9 Å². The molecule has 2 rings (SSSR count). The number of aliphatic hydroxyl groups excluding tert-OH is 3. The molecule has 2 fully saturated rings. The molecule has 0 unspecified atom stereocenters. The predicted molar refractivity (Wildman–Crippen MR) is 304 cm³/mol. The van der Waals surface area contributed by atoms with E-state index in [2.05, 4.69) is 47.9 Å². The average molecular weight is 1210 g/mol. The van der Waals surface area contributed by atoms with Gasteiger partial charge >= 0.3 is 5.97 Å². The van der Waals surface area contributed by atoms with Crippen molar-refractivity contribution in [2.24, 2.45) is 34.8 Å². The molecule has 11 atom stereocenters. The number of primary amides is 1. The quantitative estimate of drug-likeness (QED) is 0.0254. The van der Waals surface area contributed by atoms with E-state index in [0.29, 0.717) is 45.1 Å². The number of aliphatic carboxylic acids is 1. The number of nitrogens with one attached hydrogen (secondary N) is 9. The van der Waals surface area contributed by atoms with Gasteiger partial charge in [-0.15, -0.1) is 0 Å². The van der Waals surface area contributed by atoms with Crippen LogP contribution in [0.2, 0.25) is 0 Å². The number of carbonyl (C=O) groups is 13. The van der Waals surface area contributed by atoms with Crippen molar-refractivity contribution in [1.82, 2.24) is 57.7 Å². The predicted octanol–water partition coefficient (Wildman–Crippen LogP) is -7.01. The van der Waals surface area contributed by atoms with Crippen molar-refractivity contribution in [3.63, 3.8) is 0 Å². The van der Waals surface area contributed by atoms with Crippen LogP contribution in [0.25, 0.3) is 0 Å². The van der Waals surface area contributed by atoms with Crippen LogP contribution in [-0.4, -0.2) is 226 Å². The highest BCUT2D eigenvalue weighted by Crippen LogP contribution is 2.26. The molecule has 2 aliphatic heterocycles. The first-order valence-corrected chi connectivity index (χ1v) is 28.9. The molecule has 12 amide bonds. The van der Waals surface area contributed by atoms with Gasteiger partial charge < -0.3 is 101 Å². The summed E-state index contributed by atoms with van der Waals surface area (Å²) in [4.78, 5) is 175. The first kappa shape index (κ1) is 74.0. The summed E-state index contributed by atoms with van der Waals surface area (Å²) in [5.41, 5.74) is 22.0. The molecular weight excluding hydrogens is 1120 g/mol. The van der Waals surface area contributed by atoms with Crippen LogP contribution in [0, 0.1) is 11.8 Å². The van der Waals surface area contributed by atoms with Crippen LogP contribution in [-0.2, 0) is 62.3 Å². The van der Waals surface area contributed by atoms with Gasteiger partial charge in [0.15, 0.2) is 0 Å². The van der Waals surface area contributed by atoms with E-state index in [9.17, 15) is 77.6 Å². The lowest BCUT2D eigenvalue weighted by Crippen LogP contribution is -2.61. The lowest BCUT2D eigenvalue weighted by Gasteiger charge is -2.34. The molecule has 0 bridgehead atoms. The Labute approximate surface area is 494 Å². The molecule has 0 saturated carbocycles. The number of nitrogens with two attached hydrogens (primary N) is 4. The van der Waals surface area contributed by atoms with E-state index in [-0.39, 0.29) is 70.0 Å². The molecule has 32 heteroatoms. The number of carbonyl (C=O) groups excluding carboxylic acids is 12. The molecule has 2 saturated heterocycles. The Morgan fingerprint density at radius 1 is 0.529 bits per heavy atom. The monoisotopic (exact) mass is 1210 g/mol. The van der Waals surface area contributed by atoms with Gasteiger partial charge in [0.1, 0.15) is 60.4 Å². The van der Waals surface area contributed by atoms with E-state index in [0.717, 1.165) is 0 Å². The molecule has 0 spiro atoms. The van der Waals surface area contributed by atoms with Crippen LogP contribution in [0.5, 0.6) is 0 Å². The minimum atomic E-state index is -1.73. The molecule has 32 nitrogen and oxygen atoms in total. The van der Waals surface area contributed by atoms with Crippen LogP contribution >= 0.6 is 0 Å². The zero-order valence-corrected chi connectivity index (χ0v) is 49.4. The SMILES string of the molecule is CC(C)C[C@H](NC(=O)CNC(=O)[C@@H](N)CO)C(=O)N[C@@H](CC(C)C)C(=O)N[C@H](C(=O)N1CCC[C@H]1C(=O)N1CCC[C@H]1C(=O)N[C@@H](CCC(N)=O)C(=O)N[C@@H](CO)C(=O)NCC(=O)N[C@@H](CCCCN)C(=O)N[C@@H](CCCCN)C(=O)O)[C@@H](C)O. The van der Waals surface area contributed by atoms with Crippen molar-refractivity contribution < 1.29 is 82.8 Å². The Morgan fingerprint density at radius 3 is 1.49 bits per heavy atom. The van der Waals surface area contributed by atoms with Gasteiger partial charge in [-0.1, -0.05) is 27.7 Å². The van der Waals surface area contributed by atoms with Crippen molar-refractivity contribution in [1.29, 1.82) is 0 Å². The first-order valence-electron chi connectivity index (χ1n) is 28.9. The molecule has 0 aromatic carbocycles. The number of unbranched alkanes of at least 4 members (excludes halogenated alkanes) is 2. The second-order valence-electron chi connectivity index (χ2n) is 22.2. The smallest absolute Gasteiger partial charge is 0.326 e. The Balaban J connectivity index is 2.23.